The predicted molar refractivity (Wildman–Crippen MR) is 137 cm³/mol. The van der Waals surface area contributed by atoms with Crippen LogP contribution in [-0.4, -0.2) is 37.1 Å². The number of benzene rings is 2. The van der Waals surface area contributed by atoms with E-state index in [0.717, 1.165) is 3.57 Å². The van der Waals surface area contributed by atoms with Crippen molar-refractivity contribution in [2.75, 3.05) is 0 Å². The molecule has 32 heavy (non-hydrogen) atoms. The Balaban J connectivity index is 1.54. The van der Waals surface area contributed by atoms with Crippen LogP contribution in [0, 0.1) is 22.5 Å². The maximum atomic E-state index is 13.0. The Kier molecular flexibility index (Phi) is 7.36. The minimum Gasteiger partial charge on any atom is -0.426 e. The molecule has 0 aliphatic carbocycles. The molecule has 0 radical (unpaired) electrons. The van der Waals surface area contributed by atoms with E-state index >= 15 is 0 Å². The number of halogens is 3. The molecular formula is C20H15I3O8S. The maximum absolute atomic E-state index is 13.0. The van der Waals surface area contributed by atoms with E-state index in [1.807, 2.05) is 12.1 Å². The van der Waals surface area contributed by atoms with Crippen molar-refractivity contribution < 1.29 is 36.8 Å². The zero-order chi connectivity index (χ0) is 23.2. The number of hydrogen-bond donors (Lipinski definition) is 1. The highest BCUT2D eigenvalue weighted by Gasteiger charge is 2.57. The Morgan fingerprint density at radius 2 is 1.34 bits per heavy atom. The molecular weight excluding hydrogens is 781 g/mol. The van der Waals surface area contributed by atoms with E-state index in [4.69, 9.17) is 14.2 Å². The van der Waals surface area contributed by atoms with Crippen LogP contribution in [0.15, 0.2) is 41.3 Å². The third-order valence-corrected chi connectivity index (χ3v) is 9.41. The Morgan fingerprint density at radius 3 is 1.81 bits per heavy atom. The van der Waals surface area contributed by atoms with Crippen molar-refractivity contribution in [2.24, 2.45) is 11.8 Å². The second-order valence-electron chi connectivity index (χ2n) is 7.33. The molecule has 8 nitrogen and oxygen atoms in total. The van der Waals surface area contributed by atoms with Crippen LogP contribution in [0.4, 0.5) is 0 Å². The first-order valence-electron chi connectivity index (χ1n) is 9.35. The molecule has 2 aliphatic heterocycles. The van der Waals surface area contributed by atoms with Crippen LogP contribution < -0.4 is 9.47 Å². The lowest BCUT2D eigenvalue weighted by Crippen LogP contribution is -2.42. The van der Waals surface area contributed by atoms with Gasteiger partial charge < -0.3 is 14.2 Å². The molecule has 4 atom stereocenters. The van der Waals surface area contributed by atoms with Gasteiger partial charge in [-0.2, -0.15) is 8.42 Å². The van der Waals surface area contributed by atoms with E-state index in [2.05, 4.69) is 22.6 Å². The van der Waals surface area contributed by atoms with Gasteiger partial charge in [0, 0.05) is 10.7 Å². The quantitative estimate of drug-likeness (QED) is 0.209. The SMILES string of the molecule is O=C(Oc1ccc(I)cc1)C1C2CCC(O2)C1C(=O)Oc1cc(I)c(S(=O)(=O)O)c(I)c1. The molecule has 1 N–H and O–H groups in total. The van der Waals surface area contributed by atoms with E-state index in [0.29, 0.717) is 18.6 Å². The highest BCUT2D eigenvalue weighted by atomic mass is 127. The van der Waals surface area contributed by atoms with Gasteiger partial charge in [-0.3, -0.25) is 14.1 Å². The first kappa shape index (κ1) is 24.6. The van der Waals surface area contributed by atoms with E-state index in [9.17, 15) is 22.6 Å². The van der Waals surface area contributed by atoms with Crippen LogP contribution in [-0.2, 0) is 24.4 Å². The molecule has 4 unspecified atom stereocenters. The molecule has 2 aromatic carbocycles. The lowest BCUT2D eigenvalue weighted by atomic mass is 9.79. The van der Waals surface area contributed by atoms with Gasteiger partial charge in [0.05, 0.1) is 24.0 Å². The summed E-state index contributed by atoms with van der Waals surface area (Å²) in [7, 11) is -4.42. The minimum atomic E-state index is -4.42. The fourth-order valence-corrected chi connectivity index (χ4v) is 8.34. The number of esters is 2. The van der Waals surface area contributed by atoms with Crippen LogP contribution in [0.25, 0.3) is 0 Å². The number of carbonyl (C=O) groups excluding carboxylic acids is 2. The van der Waals surface area contributed by atoms with Crippen LogP contribution >= 0.6 is 67.8 Å². The van der Waals surface area contributed by atoms with Gasteiger partial charge >= 0.3 is 11.9 Å². The van der Waals surface area contributed by atoms with Gasteiger partial charge in [0.25, 0.3) is 10.1 Å². The summed E-state index contributed by atoms with van der Waals surface area (Å²) < 4.78 is 50.8. The Hall–Kier alpha value is -0.560. The van der Waals surface area contributed by atoms with Crippen molar-refractivity contribution in [3.8, 4) is 11.5 Å². The molecule has 4 rings (SSSR count). The van der Waals surface area contributed by atoms with Crippen molar-refractivity contribution in [3.63, 3.8) is 0 Å². The third-order valence-electron chi connectivity index (χ3n) is 5.30. The molecule has 2 aromatic rings. The highest BCUT2D eigenvalue weighted by molar-refractivity contribution is 14.1. The monoisotopic (exact) mass is 796 g/mol. The van der Waals surface area contributed by atoms with E-state index in [1.165, 1.54) is 12.1 Å². The van der Waals surface area contributed by atoms with Crippen LogP contribution in [0.5, 0.6) is 11.5 Å². The molecule has 0 aromatic heterocycles. The van der Waals surface area contributed by atoms with Crippen molar-refractivity contribution in [1.29, 1.82) is 0 Å². The minimum absolute atomic E-state index is 0.115. The van der Waals surface area contributed by atoms with Crippen molar-refractivity contribution in [2.45, 2.75) is 29.9 Å². The van der Waals surface area contributed by atoms with Gasteiger partial charge in [-0.25, -0.2) is 0 Å². The standard InChI is InChI=1S/C20H15I3O8S/c21-9-1-3-10(4-2-9)29-19(24)16-14-5-6-15(31-14)17(16)20(25)30-11-7-12(22)18(13(23)8-11)32(26,27)28/h1-4,7-8,14-17H,5-6H2,(H,26,27,28). The van der Waals surface area contributed by atoms with E-state index in [-0.39, 0.29) is 17.8 Å². The van der Waals surface area contributed by atoms with Gasteiger partial charge in [-0.15, -0.1) is 0 Å². The van der Waals surface area contributed by atoms with Crippen molar-refractivity contribution in [3.05, 3.63) is 47.1 Å². The van der Waals surface area contributed by atoms with E-state index < -0.39 is 46.1 Å². The Labute approximate surface area is 224 Å². The lowest BCUT2D eigenvalue weighted by Gasteiger charge is -2.24. The third kappa shape index (κ3) is 5.08. The second-order valence-corrected chi connectivity index (χ2v) is 12.3. The molecule has 2 fully saturated rings. The lowest BCUT2D eigenvalue weighted by molar-refractivity contribution is -0.150. The van der Waals surface area contributed by atoms with Gasteiger partial charge in [0.1, 0.15) is 16.4 Å². The number of hydrogen-bond acceptors (Lipinski definition) is 7. The highest BCUT2D eigenvalue weighted by Crippen LogP contribution is 2.45. The molecule has 2 bridgehead atoms. The fourth-order valence-electron chi connectivity index (χ4n) is 3.99. The summed E-state index contributed by atoms with van der Waals surface area (Å²) in [5.74, 6) is -2.32. The predicted octanol–water partition coefficient (Wildman–Crippen LogP) is 4.05. The summed E-state index contributed by atoms with van der Waals surface area (Å²) in [5.41, 5.74) is 0. The van der Waals surface area contributed by atoms with Crippen molar-refractivity contribution >= 4 is 89.8 Å². The molecule has 0 spiro atoms. The van der Waals surface area contributed by atoms with E-state index in [1.54, 1.807) is 57.3 Å². The Bertz CT molecular complexity index is 1160. The molecule has 0 saturated carbocycles. The molecule has 2 saturated heterocycles. The average molecular weight is 796 g/mol. The molecule has 2 aliphatic rings. The van der Waals surface area contributed by atoms with Gasteiger partial charge in [-0.05, 0) is 117 Å². The van der Waals surface area contributed by atoms with Crippen molar-refractivity contribution in [1.82, 2.24) is 0 Å². The zero-order valence-corrected chi connectivity index (χ0v) is 23.3. The second kappa shape index (κ2) is 9.59. The number of fused-ring (bicyclic) bond motifs is 2. The first-order valence-corrected chi connectivity index (χ1v) is 14.0. The van der Waals surface area contributed by atoms with Crippen LogP contribution in [0.3, 0.4) is 0 Å². The normalized spacial score (nSPS) is 24.4. The summed E-state index contributed by atoms with van der Waals surface area (Å²) in [5, 5.41) is 0. The zero-order valence-electron chi connectivity index (χ0n) is 16.0. The molecule has 170 valence electrons. The summed E-state index contributed by atoms with van der Waals surface area (Å²) >= 11 is 5.64. The maximum Gasteiger partial charge on any atom is 0.317 e. The van der Waals surface area contributed by atoms with Gasteiger partial charge in [-0.1, -0.05) is 0 Å². The number of rotatable bonds is 5. The molecule has 12 heteroatoms. The van der Waals surface area contributed by atoms with Gasteiger partial charge in [0.15, 0.2) is 0 Å². The number of carbonyl (C=O) groups is 2. The smallest absolute Gasteiger partial charge is 0.317 e. The fraction of sp³-hybridized carbons (Fsp3) is 0.300. The molecule has 0 amide bonds. The molecule has 2 heterocycles. The average Bonchev–Trinajstić information content (AvgIpc) is 3.29. The Morgan fingerprint density at radius 1 is 0.875 bits per heavy atom. The summed E-state index contributed by atoms with van der Waals surface area (Å²) in [6.45, 7) is 0. The summed E-state index contributed by atoms with van der Waals surface area (Å²) in [6, 6.07) is 9.67. The topological polar surface area (TPSA) is 116 Å². The van der Waals surface area contributed by atoms with Crippen LogP contribution in [0.1, 0.15) is 12.8 Å². The van der Waals surface area contributed by atoms with Gasteiger partial charge in [0.2, 0.25) is 0 Å². The van der Waals surface area contributed by atoms with Crippen LogP contribution in [0.2, 0.25) is 0 Å². The summed E-state index contributed by atoms with van der Waals surface area (Å²) in [6.07, 6.45) is 0.418. The number of ether oxygens (including phenoxy) is 3. The summed E-state index contributed by atoms with van der Waals surface area (Å²) in [4.78, 5) is 25.7. The first-order chi connectivity index (χ1) is 15.0. The largest absolute Gasteiger partial charge is 0.426 e.